The van der Waals surface area contributed by atoms with E-state index in [0.29, 0.717) is 11.7 Å². The first-order chi connectivity index (χ1) is 13.0. The average molecular weight is 385 g/mol. The van der Waals surface area contributed by atoms with Crippen LogP contribution < -0.4 is 4.90 Å². The van der Waals surface area contributed by atoms with Crippen LogP contribution in [0.1, 0.15) is 36.8 Å². The summed E-state index contributed by atoms with van der Waals surface area (Å²) >= 11 is 1.60. The van der Waals surface area contributed by atoms with Gasteiger partial charge in [0.25, 0.3) is 0 Å². The summed E-state index contributed by atoms with van der Waals surface area (Å²) in [6.45, 7) is 11.5. The normalized spacial score (nSPS) is 14.7. The summed E-state index contributed by atoms with van der Waals surface area (Å²) in [5.74, 6) is 2.93. The molecule has 2 heterocycles. The van der Waals surface area contributed by atoms with E-state index in [1.165, 1.54) is 5.56 Å². The van der Waals surface area contributed by atoms with Gasteiger partial charge >= 0.3 is 0 Å². The van der Waals surface area contributed by atoms with Crippen molar-refractivity contribution in [2.24, 2.45) is 0 Å². The van der Waals surface area contributed by atoms with Crippen LogP contribution in [0.4, 0.5) is 5.82 Å². The fourth-order valence-corrected chi connectivity index (χ4v) is 4.36. The fraction of sp³-hybridized carbons (Fsp3) is 0.476. The average Bonchev–Trinajstić information content (AvgIpc) is 2.66. The van der Waals surface area contributed by atoms with Crippen molar-refractivity contribution in [3.63, 3.8) is 0 Å². The van der Waals surface area contributed by atoms with Crippen LogP contribution in [0.25, 0.3) is 0 Å². The number of thioether (sulfide) groups is 1. The standard InChI is InChI=1S/C21H28N4OS/c1-15(2)20-16(3)22-17(4)23-21(20)25-12-10-24(11-13-25)19(26)14-27-18-8-6-5-7-9-18/h5-9,15H,10-14H2,1-4H3. The predicted octanol–water partition coefficient (Wildman–Crippen LogP) is 3.66. The summed E-state index contributed by atoms with van der Waals surface area (Å²) in [4.78, 5) is 27.3. The zero-order valence-corrected chi connectivity index (χ0v) is 17.4. The Morgan fingerprint density at radius 3 is 2.37 bits per heavy atom. The summed E-state index contributed by atoms with van der Waals surface area (Å²) in [5, 5.41) is 0. The summed E-state index contributed by atoms with van der Waals surface area (Å²) in [6, 6.07) is 10.1. The van der Waals surface area contributed by atoms with Crippen LogP contribution in [0.5, 0.6) is 0 Å². The van der Waals surface area contributed by atoms with Crippen molar-refractivity contribution >= 4 is 23.5 Å². The van der Waals surface area contributed by atoms with E-state index in [1.807, 2.05) is 42.2 Å². The Kier molecular flexibility index (Phi) is 6.37. The maximum absolute atomic E-state index is 12.6. The SMILES string of the molecule is Cc1nc(C)c(C(C)C)c(N2CCN(C(=O)CSc3ccccc3)CC2)n1. The molecule has 1 aromatic carbocycles. The molecule has 0 saturated carbocycles. The zero-order valence-electron chi connectivity index (χ0n) is 16.6. The number of aromatic nitrogens is 2. The number of nitrogens with zero attached hydrogens (tertiary/aromatic N) is 4. The highest BCUT2D eigenvalue weighted by molar-refractivity contribution is 8.00. The number of hydrogen-bond acceptors (Lipinski definition) is 5. The fourth-order valence-electron chi connectivity index (χ4n) is 3.54. The van der Waals surface area contributed by atoms with Crippen LogP contribution in [0.15, 0.2) is 35.2 Å². The van der Waals surface area contributed by atoms with E-state index in [2.05, 4.69) is 30.7 Å². The molecule has 1 amide bonds. The van der Waals surface area contributed by atoms with Crippen molar-refractivity contribution in [1.82, 2.24) is 14.9 Å². The lowest BCUT2D eigenvalue weighted by Crippen LogP contribution is -2.50. The molecule has 0 atom stereocenters. The Labute approximate surface area is 166 Å². The minimum Gasteiger partial charge on any atom is -0.353 e. The van der Waals surface area contributed by atoms with Gasteiger partial charge in [-0.2, -0.15) is 0 Å². The quantitative estimate of drug-likeness (QED) is 0.737. The first-order valence-corrected chi connectivity index (χ1v) is 10.5. The third-order valence-corrected chi connectivity index (χ3v) is 5.84. The molecule has 0 bridgehead atoms. The van der Waals surface area contributed by atoms with Crippen LogP contribution in [0, 0.1) is 13.8 Å². The molecular weight excluding hydrogens is 356 g/mol. The first-order valence-electron chi connectivity index (χ1n) is 9.51. The molecule has 2 aromatic rings. The van der Waals surface area contributed by atoms with Gasteiger partial charge in [0.2, 0.25) is 5.91 Å². The van der Waals surface area contributed by atoms with Gasteiger partial charge in [-0.25, -0.2) is 9.97 Å². The lowest BCUT2D eigenvalue weighted by Gasteiger charge is -2.37. The van der Waals surface area contributed by atoms with Gasteiger partial charge in [0.1, 0.15) is 11.6 Å². The van der Waals surface area contributed by atoms with Gasteiger partial charge in [0.05, 0.1) is 5.75 Å². The molecule has 1 aliphatic heterocycles. The van der Waals surface area contributed by atoms with E-state index in [0.717, 1.165) is 48.4 Å². The first kappa shape index (κ1) is 19.7. The van der Waals surface area contributed by atoms with Crippen molar-refractivity contribution < 1.29 is 4.79 Å². The minimum absolute atomic E-state index is 0.211. The monoisotopic (exact) mass is 384 g/mol. The largest absolute Gasteiger partial charge is 0.353 e. The molecule has 1 aromatic heterocycles. The van der Waals surface area contributed by atoms with Crippen LogP contribution >= 0.6 is 11.8 Å². The Morgan fingerprint density at radius 1 is 1.07 bits per heavy atom. The summed E-state index contributed by atoms with van der Waals surface area (Å²) in [6.07, 6.45) is 0. The highest BCUT2D eigenvalue weighted by atomic mass is 32.2. The lowest BCUT2D eigenvalue weighted by atomic mass is 10.0. The van der Waals surface area contributed by atoms with Gasteiger partial charge in [0, 0.05) is 42.3 Å². The molecule has 0 radical (unpaired) electrons. The number of amides is 1. The Bertz CT molecular complexity index is 786. The number of rotatable bonds is 5. The van der Waals surface area contributed by atoms with Crippen LogP contribution in [0.2, 0.25) is 0 Å². The molecular formula is C21H28N4OS. The van der Waals surface area contributed by atoms with Gasteiger partial charge in [0.15, 0.2) is 0 Å². The number of carbonyl (C=O) groups excluding carboxylic acids is 1. The number of carbonyl (C=O) groups is 1. The van der Waals surface area contributed by atoms with Crippen molar-refractivity contribution in [1.29, 1.82) is 0 Å². The van der Waals surface area contributed by atoms with E-state index < -0.39 is 0 Å². The van der Waals surface area contributed by atoms with Crippen molar-refractivity contribution in [2.75, 3.05) is 36.8 Å². The van der Waals surface area contributed by atoms with Gasteiger partial charge in [-0.3, -0.25) is 4.79 Å². The number of hydrogen-bond donors (Lipinski definition) is 0. The summed E-state index contributed by atoms with van der Waals surface area (Å²) in [5.41, 5.74) is 2.28. The number of anilines is 1. The zero-order chi connectivity index (χ0) is 19.4. The second-order valence-corrected chi connectivity index (χ2v) is 8.27. The predicted molar refractivity (Wildman–Crippen MR) is 112 cm³/mol. The summed E-state index contributed by atoms with van der Waals surface area (Å²) < 4.78 is 0. The van der Waals surface area contributed by atoms with Crippen LogP contribution in [0.3, 0.4) is 0 Å². The number of benzene rings is 1. The van der Waals surface area contributed by atoms with Gasteiger partial charge in [-0.15, -0.1) is 11.8 Å². The molecule has 5 nitrogen and oxygen atoms in total. The number of piperazine rings is 1. The Morgan fingerprint density at radius 2 is 1.74 bits per heavy atom. The maximum atomic E-state index is 12.6. The summed E-state index contributed by atoms with van der Waals surface area (Å²) in [7, 11) is 0. The second kappa shape index (κ2) is 8.74. The van der Waals surface area contributed by atoms with E-state index in [1.54, 1.807) is 11.8 Å². The van der Waals surface area contributed by atoms with E-state index >= 15 is 0 Å². The Hall–Kier alpha value is -2.08. The van der Waals surface area contributed by atoms with Crippen LogP contribution in [-0.4, -0.2) is 52.7 Å². The van der Waals surface area contributed by atoms with Crippen LogP contribution in [-0.2, 0) is 4.79 Å². The molecule has 0 N–H and O–H groups in total. The van der Waals surface area contributed by atoms with Gasteiger partial charge < -0.3 is 9.80 Å². The molecule has 27 heavy (non-hydrogen) atoms. The van der Waals surface area contributed by atoms with E-state index in [9.17, 15) is 4.79 Å². The third kappa shape index (κ3) is 4.80. The molecule has 0 unspecified atom stereocenters. The van der Waals surface area contributed by atoms with Gasteiger partial charge in [-0.1, -0.05) is 32.0 Å². The minimum atomic E-state index is 0.211. The maximum Gasteiger partial charge on any atom is 0.233 e. The third-order valence-electron chi connectivity index (χ3n) is 4.84. The molecule has 6 heteroatoms. The molecule has 1 aliphatic rings. The topological polar surface area (TPSA) is 49.3 Å². The molecule has 0 aliphatic carbocycles. The Balaban J connectivity index is 1.61. The molecule has 0 spiro atoms. The van der Waals surface area contributed by atoms with Crippen molar-refractivity contribution in [3.8, 4) is 0 Å². The molecule has 1 fully saturated rings. The van der Waals surface area contributed by atoms with E-state index in [-0.39, 0.29) is 5.91 Å². The highest BCUT2D eigenvalue weighted by Gasteiger charge is 2.25. The van der Waals surface area contributed by atoms with Gasteiger partial charge in [-0.05, 0) is 31.9 Å². The highest BCUT2D eigenvalue weighted by Crippen LogP contribution is 2.29. The van der Waals surface area contributed by atoms with Crippen molar-refractivity contribution in [3.05, 3.63) is 47.4 Å². The molecule has 144 valence electrons. The van der Waals surface area contributed by atoms with E-state index in [4.69, 9.17) is 4.98 Å². The molecule has 1 saturated heterocycles. The molecule has 3 rings (SSSR count). The smallest absolute Gasteiger partial charge is 0.233 e. The van der Waals surface area contributed by atoms with Crippen molar-refractivity contribution in [2.45, 2.75) is 38.5 Å². The second-order valence-electron chi connectivity index (χ2n) is 7.22. The lowest BCUT2D eigenvalue weighted by molar-refractivity contribution is -0.128. The number of aryl methyl sites for hydroxylation is 2.